The van der Waals surface area contributed by atoms with Crippen molar-refractivity contribution < 1.29 is 0 Å². The zero-order valence-corrected chi connectivity index (χ0v) is 15.3. The Bertz CT molecular complexity index is 643. The van der Waals surface area contributed by atoms with Crippen LogP contribution in [0.5, 0.6) is 0 Å². The van der Waals surface area contributed by atoms with E-state index in [0.717, 1.165) is 17.8 Å². The van der Waals surface area contributed by atoms with Crippen molar-refractivity contribution in [3.05, 3.63) is 22.8 Å². The molecular weight excluding hydrogens is 264 g/mol. The number of rotatable bonds is 0. The van der Waals surface area contributed by atoms with E-state index >= 15 is 0 Å². The summed E-state index contributed by atoms with van der Waals surface area (Å²) in [6, 6.07) is 0. The zero-order valence-electron chi connectivity index (χ0n) is 15.3. The molecule has 6 aliphatic rings. The standard InChI is InChI=1S/C22H32/c1-19(2)12-13-7-9-21(19,5)15-11-16-18(17(13)15)14-8-10-22(16,6)20(14,3)4/h11,13-14,17H,7-10,12H2,1-6H3/t13-,14-,17+,21+,22-/m1/s1. The minimum Gasteiger partial charge on any atom is -0.0591 e. The quantitative estimate of drug-likeness (QED) is 0.503. The van der Waals surface area contributed by atoms with E-state index in [4.69, 9.17) is 0 Å². The fourth-order valence-electron chi connectivity index (χ4n) is 7.70. The molecule has 0 heterocycles. The van der Waals surface area contributed by atoms with E-state index in [0.29, 0.717) is 21.7 Å². The lowest BCUT2D eigenvalue weighted by atomic mass is 9.44. The molecule has 0 amide bonds. The van der Waals surface area contributed by atoms with Gasteiger partial charge in [-0.1, -0.05) is 58.8 Å². The molecule has 0 aliphatic heterocycles. The molecule has 0 saturated heterocycles. The molecule has 6 aliphatic carbocycles. The van der Waals surface area contributed by atoms with Gasteiger partial charge in [-0.05, 0) is 71.2 Å². The largest absolute Gasteiger partial charge is 0.0591 e. The summed E-state index contributed by atoms with van der Waals surface area (Å²) in [6.45, 7) is 15.4. The minimum atomic E-state index is 0.455. The zero-order chi connectivity index (χ0) is 15.7. The van der Waals surface area contributed by atoms with E-state index in [-0.39, 0.29) is 0 Å². The number of hydrogen-bond donors (Lipinski definition) is 0. The molecule has 0 unspecified atom stereocenters. The van der Waals surface area contributed by atoms with Crippen LogP contribution in [0.25, 0.3) is 0 Å². The first-order valence-electron chi connectivity index (χ1n) is 9.60. The molecule has 120 valence electrons. The van der Waals surface area contributed by atoms with Crippen LogP contribution in [0.2, 0.25) is 0 Å². The van der Waals surface area contributed by atoms with Crippen LogP contribution in [-0.4, -0.2) is 0 Å². The molecule has 0 aromatic heterocycles. The Labute approximate surface area is 136 Å². The summed E-state index contributed by atoms with van der Waals surface area (Å²) in [4.78, 5) is 0. The van der Waals surface area contributed by atoms with Crippen molar-refractivity contribution in [1.29, 1.82) is 0 Å². The average Bonchev–Trinajstić information content (AvgIpc) is 2.97. The van der Waals surface area contributed by atoms with Gasteiger partial charge in [-0.2, -0.15) is 0 Å². The van der Waals surface area contributed by atoms with Crippen molar-refractivity contribution in [3.8, 4) is 0 Å². The highest BCUT2D eigenvalue weighted by molar-refractivity contribution is 5.57. The van der Waals surface area contributed by atoms with Crippen molar-refractivity contribution in [3.63, 3.8) is 0 Å². The summed E-state index contributed by atoms with van der Waals surface area (Å²) in [5.74, 6) is 2.65. The molecule has 0 nitrogen and oxygen atoms in total. The Balaban J connectivity index is 1.71. The first kappa shape index (κ1) is 13.9. The molecule has 4 saturated carbocycles. The lowest BCUT2D eigenvalue weighted by Crippen LogP contribution is -2.52. The van der Waals surface area contributed by atoms with Gasteiger partial charge < -0.3 is 0 Å². The molecule has 0 aromatic carbocycles. The molecule has 0 N–H and O–H groups in total. The van der Waals surface area contributed by atoms with Crippen LogP contribution in [0.3, 0.4) is 0 Å². The molecule has 6 rings (SSSR count). The molecule has 0 heteroatoms. The maximum atomic E-state index is 2.74. The second-order valence-corrected chi connectivity index (χ2v) is 10.8. The van der Waals surface area contributed by atoms with E-state index in [1.165, 1.54) is 32.1 Å². The Kier molecular flexibility index (Phi) is 2.17. The van der Waals surface area contributed by atoms with Gasteiger partial charge in [0.2, 0.25) is 0 Å². The molecule has 4 fully saturated rings. The van der Waals surface area contributed by atoms with E-state index in [2.05, 4.69) is 47.6 Å². The van der Waals surface area contributed by atoms with Gasteiger partial charge in [0.25, 0.3) is 0 Å². The molecule has 4 bridgehead atoms. The molecule has 0 aromatic rings. The van der Waals surface area contributed by atoms with Crippen LogP contribution in [-0.2, 0) is 0 Å². The monoisotopic (exact) mass is 296 g/mol. The summed E-state index contributed by atoms with van der Waals surface area (Å²) in [6.07, 6.45) is 9.97. The summed E-state index contributed by atoms with van der Waals surface area (Å²) in [7, 11) is 0. The second-order valence-electron chi connectivity index (χ2n) is 10.8. The lowest BCUT2D eigenvalue weighted by molar-refractivity contribution is -0.0263. The van der Waals surface area contributed by atoms with Crippen molar-refractivity contribution in [1.82, 2.24) is 0 Å². The number of hydrogen-bond acceptors (Lipinski definition) is 0. The highest BCUT2D eigenvalue weighted by Gasteiger charge is 2.67. The fourth-order valence-corrected chi connectivity index (χ4v) is 7.70. The third-order valence-corrected chi connectivity index (χ3v) is 9.87. The lowest BCUT2D eigenvalue weighted by Gasteiger charge is -2.61. The minimum absolute atomic E-state index is 0.455. The Morgan fingerprint density at radius 3 is 2.27 bits per heavy atom. The van der Waals surface area contributed by atoms with Crippen LogP contribution in [0.4, 0.5) is 0 Å². The number of fused-ring (bicyclic) bond motifs is 6. The molecule has 0 radical (unpaired) electrons. The maximum Gasteiger partial charge on any atom is 0.00534 e. The van der Waals surface area contributed by atoms with Gasteiger partial charge in [-0.3, -0.25) is 0 Å². The molecule has 0 spiro atoms. The van der Waals surface area contributed by atoms with E-state index in [1.807, 2.05) is 16.7 Å². The SMILES string of the molecule is CC1(C)C[C@H]2CC[C@@]1(C)C1=CC3=C([C@H]12)[C@H]1CC[C@@]3(C)C1(C)C. The third-order valence-electron chi connectivity index (χ3n) is 9.87. The highest BCUT2D eigenvalue weighted by Crippen LogP contribution is 2.77. The van der Waals surface area contributed by atoms with Gasteiger partial charge in [-0.25, -0.2) is 0 Å². The van der Waals surface area contributed by atoms with E-state index in [9.17, 15) is 0 Å². The van der Waals surface area contributed by atoms with Crippen molar-refractivity contribution >= 4 is 0 Å². The first-order chi connectivity index (χ1) is 10.1. The second kappa shape index (κ2) is 3.45. The topological polar surface area (TPSA) is 0 Å². The van der Waals surface area contributed by atoms with Gasteiger partial charge >= 0.3 is 0 Å². The van der Waals surface area contributed by atoms with Gasteiger partial charge in [0.05, 0.1) is 0 Å². The summed E-state index contributed by atoms with van der Waals surface area (Å²) in [5, 5.41) is 0. The number of allylic oxidation sites excluding steroid dienone is 4. The van der Waals surface area contributed by atoms with Crippen LogP contribution >= 0.6 is 0 Å². The van der Waals surface area contributed by atoms with Crippen LogP contribution < -0.4 is 0 Å². The van der Waals surface area contributed by atoms with Crippen LogP contribution in [0.15, 0.2) is 22.8 Å². The van der Waals surface area contributed by atoms with Gasteiger partial charge in [-0.15, -0.1) is 0 Å². The molecule has 22 heavy (non-hydrogen) atoms. The Morgan fingerprint density at radius 1 is 0.909 bits per heavy atom. The smallest absolute Gasteiger partial charge is 0.00534 e. The highest BCUT2D eigenvalue weighted by atomic mass is 14.7. The summed E-state index contributed by atoms with van der Waals surface area (Å²) >= 11 is 0. The average molecular weight is 296 g/mol. The predicted molar refractivity (Wildman–Crippen MR) is 92.4 cm³/mol. The van der Waals surface area contributed by atoms with Gasteiger partial charge in [0.15, 0.2) is 0 Å². The van der Waals surface area contributed by atoms with Crippen molar-refractivity contribution in [2.45, 2.75) is 73.6 Å². The van der Waals surface area contributed by atoms with Gasteiger partial charge in [0.1, 0.15) is 0 Å². The summed E-state index contributed by atoms with van der Waals surface area (Å²) in [5.41, 5.74) is 7.50. The van der Waals surface area contributed by atoms with Crippen LogP contribution in [0, 0.1) is 39.4 Å². The van der Waals surface area contributed by atoms with E-state index in [1.54, 1.807) is 0 Å². The first-order valence-corrected chi connectivity index (χ1v) is 9.60. The Morgan fingerprint density at radius 2 is 1.59 bits per heavy atom. The van der Waals surface area contributed by atoms with E-state index < -0.39 is 0 Å². The normalized spacial score (nSPS) is 52.8. The van der Waals surface area contributed by atoms with Crippen molar-refractivity contribution in [2.75, 3.05) is 0 Å². The molecular formula is C22H32. The third kappa shape index (κ3) is 1.14. The van der Waals surface area contributed by atoms with Crippen molar-refractivity contribution in [2.24, 2.45) is 39.4 Å². The Hall–Kier alpha value is -0.520. The fraction of sp³-hybridized carbons (Fsp3) is 0.818. The summed E-state index contributed by atoms with van der Waals surface area (Å²) < 4.78 is 0. The molecule has 5 atom stereocenters. The predicted octanol–water partition coefficient (Wildman–Crippen LogP) is 6.14. The van der Waals surface area contributed by atoms with Crippen LogP contribution in [0.1, 0.15) is 73.6 Å². The maximum absolute atomic E-state index is 2.74. The van der Waals surface area contributed by atoms with Gasteiger partial charge in [0, 0.05) is 5.92 Å².